The number of aromatic nitrogens is 1. The molecule has 3 nitrogen and oxygen atoms in total. The number of hydrogen-bond donors (Lipinski definition) is 1. The highest BCUT2D eigenvalue weighted by atomic mass is 15.2. The van der Waals surface area contributed by atoms with Gasteiger partial charge in [-0.05, 0) is 38.1 Å². The van der Waals surface area contributed by atoms with Gasteiger partial charge in [0.15, 0.2) is 0 Å². The van der Waals surface area contributed by atoms with Crippen LogP contribution in [-0.4, -0.2) is 36.1 Å². The van der Waals surface area contributed by atoms with Crippen LogP contribution in [0.25, 0.3) is 0 Å². The molecule has 1 N–H and O–H groups in total. The molecule has 1 aromatic rings. The molecule has 1 fully saturated rings. The second-order valence-electron chi connectivity index (χ2n) is 3.69. The molecule has 1 aromatic heterocycles. The molecule has 1 aliphatic rings. The lowest BCUT2D eigenvalue weighted by molar-refractivity contribution is 0.352. The zero-order chi connectivity index (χ0) is 9.64. The minimum atomic E-state index is 0. The molecule has 78 valence electrons. The van der Waals surface area contributed by atoms with Crippen molar-refractivity contribution in [3.8, 4) is 0 Å². The van der Waals surface area contributed by atoms with E-state index in [4.69, 9.17) is 0 Å². The van der Waals surface area contributed by atoms with Crippen molar-refractivity contribution < 1.29 is 1.43 Å². The summed E-state index contributed by atoms with van der Waals surface area (Å²) in [6, 6.07) is 5.95. The average molecular weight is 193 g/mol. The van der Waals surface area contributed by atoms with E-state index in [0.717, 1.165) is 18.9 Å². The second-order valence-corrected chi connectivity index (χ2v) is 3.69. The van der Waals surface area contributed by atoms with Crippen LogP contribution in [0.5, 0.6) is 0 Å². The summed E-state index contributed by atoms with van der Waals surface area (Å²) in [5.41, 5.74) is 0. The predicted octanol–water partition coefficient (Wildman–Crippen LogP) is 1.84. The third kappa shape index (κ3) is 2.70. The van der Waals surface area contributed by atoms with Crippen LogP contribution in [0.15, 0.2) is 24.4 Å². The summed E-state index contributed by atoms with van der Waals surface area (Å²) in [5.74, 6) is 0.978. The van der Waals surface area contributed by atoms with Crippen molar-refractivity contribution in [3.05, 3.63) is 24.4 Å². The van der Waals surface area contributed by atoms with Gasteiger partial charge in [0.2, 0.25) is 0 Å². The van der Waals surface area contributed by atoms with Gasteiger partial charge in [0, 0.05) is 20.7 Å². The molecule has 1 aliphatic heterocycles. The fraction of sp³-hybridized carbons (Fsp3) is 0.545. The second kappa shape index (κ2) is 4.96. The Morgan fingerprint density at radius 2 is 2.21 bits per heavy atom. The quantitative estimate of drug-likeness (QED) is 0.790. The zero-order valence-corrected chi connectivity index (χ0v) is 8.45. The van der Waals surface area contributed by atoms with Gasteiger partial charge in [-0.15, -0.1) is 0 Å². The topological polar surface area (TPSA) is 28.2 Å². The van der Waals surface area contributed by atoms with Crippen LogP contribution in [0.3, 0.4) is 0 Å². The zero-order valence-electron chi connectivity index (χ0n) is 8.45. The van der Waals surface area contributed by atoms with Gasteiger partial charge in [0.05, 0.1) is 0 Å². The fourth-order valence-electron chi connectivity index (χ4n) is 1.82. The Bertz CT molecular complexity index is 260. The van der Waals surface area contributed by atoms with Crippen molar-refractivity contribution in [2.24, 2.45) is 0 Å². The smallest absolute Gasteiger partial charge is 0.125 e. The largest absolute Gasteiger partial charge is 0.369 e. The van der Waals surface area contributed by atoms with Gasteiger partial charge in [-0.3, -0.25) is 0 Å². The first kappa shape index (κ1) is 9.46. The summed E-state index contributed by atoms with van der Waals surface area (Å²) in [7, 11) is 0. The molecule has 2 rings (SSSR count). The third-order valence-corrected chi connectivity index (χ3v) is 2.60. The predicted molar refractivity (Wildman–Crippen MR) is 60.5 cm³/mol. The Balaban J connectivity index is 0.00000112. The van der Waals surface area contributed by atoms with Gasteiger partial charge in [0.25, 0.3) is 0 Å². The Kier molecular flexibility index (Phi) is 3.35. The van der Waals surface area contributed by atoms with Gasteiger partial charge in [-0.1, -0.05) is 6.07 Å². The van der Waals surface area contributed by atoms with Crippen LogP contribution < -0.4 is 5.32 Å². The molecule has 0 unspecified atom stereocenters. The lowest BCUT2D eigenvalue weighted by atomic mass is 10.4. The van der Waals surface area contributed by atoms with Crippen molar-refractivity contribution >= 4 is 5.82 Å². The number of nitrogens with zero attached hydrogens (tertiary/aromatic N) is 2. The van der Waals surface area contributed by atoms with Crippen molar-refractivity contribution in [1.82, 2.24) is 9.88 Å². The maximum Gasteiger partial charge on any atom is 0.125 e. The first-order chi connectivity index (χ1) is 6.95. The summed E-state index contributed by atoms with van der Waals surface area (Å²) < 4.78 is 0. The molecule has 0 aromatic carbocycles. The summed E-state index contributed by atoms with van der Waals surface area (Å²) in [5, 5.41) is 3.32. The van der Waals surface area contributed by atoms with Gasteiger partial charge in [-0.25, -0.2) is 4.98 Å². The minimum absolute atomic E-state index is 0. The van der Waals surface area contributed by atoms with Gasteiger partial charge in [-0.2, -0.15) is 0 Å². The Hall–Kier alpha value is -1.09. The van der Waals surface area contributed by atoms with Gasteiger partial charge in [0.1, 0.15) is 5.82 Å². The van der Waals surface area contributed by atoms with Crippen molar-refractivity contribution in [1.29, 1.82) is 0 Å². The van der Waals surface area contributed by atoms with Crippen LogP contribution in [0, 0.1) is 0 Å². The maximum absolute atomic E-state index is 4.21. The molecule has 0 aliphatic carbocycles. The molecular weight excluding hydrogens is 174 g/mol. The van der Waals surface area contributed by atoms with E-state index in [-0.39, 0.29) is 1.43 Å². The normalized spacial score (nSPS) is 17.1. The number of nitrogens with one attached hydrogen (secondary N) is 1. The van der Waals surface area contributed by atoms with Crippen LogP contribution in [0.4, 0.5) is 5.82 Å². The SMILES string of the molecule is [HH].c1ccc(NCCN2CCCC2)nc1. The highest BCUT2D eigenvalue weighted by molar-refractivity contribution is 5.32. The molecule has 0 amide bonds. The number of anilines is 1. The van der Waals surface area contributed by atoms with E-state index >= 15 is 0 Å². The summed E-state index contributed by atoms with van der Waals surface area (Å²) in [6.07, 6.45) is 4.55. The molecule has 0 spiro atoms. The van der Waals surface area contributed by atoms with Crippen LogP contribution in [0.2, 0.25) is 0 Å². The number of pyridine rings is 1. The van der Waals surface area contributed by atoms with Gasteiger partial charge < -0.3 is 10.2 Å². The van der Waals surface area contributed by atoms with Crippen LogP contribution in [-0.2, 0) is 0 Å². The van der Waals surface area contributed by atoms with E-state index in [9.17, 15) is 0 Å². The fourth-order valence-corrected chi connectivity index (χ4v) is 1.82. The standard InChI is InChI=1S/C11H17N3.H2/c1-2-6-12-11(5-1)13-7-10-14-8-3-4-9-14;/h1-2,5-6H,3-4,7-10H2,(H,12,13);1H. The monoisotopic (exact) mass is 193 g/mol. The number of hydrogen-bond acceptors (Lipinski definition) is 3. The minimum Gasteiger partial charge on any atom is -0.369 e. The van der Waals surface area contributed by atoms with E-state index in [0.29, 0.717) is 0 Å². The lowest BCUT2D eigenvalue weighted by Gasteiger charge is -2.14. The third-order valence-electron chi connectivity index (χ3n) is 2.60. The average Bonchev–Trinajstić information content (AvgIpc) is 2.72. The van der Waals surface area contributed by atoms with Crippen molar-refractivity contribution in [2.45, 2.75) is 12.8 Å². The Morgan fingerprint density at radius 1 is 1.36 bits per heavy atom. The lowest BCUT2D eigenvalue weighted by Crippen LogP contribution is -2.26. The molecule has 14 heavy (non-hydrogen) atoms. The van der Waals surface area contributed by atoms with E-state index < -0.39 is 0 Å². The summed E-state index contributed by atoms with van der Waals surface area (Å²) in [4.78, 5) is 6.71. The molecule has 0 radical (unpaired) electrons. The summed E-state index contributed by atoms with van der Waals surface area (Å²) >= 11 is 0. The highest BCUT2D eigenvalue weighted by Gasteiger charge is 2.09. The Morgan fingerprint density at radius 3 is 2.93 bits per heavy atom. The van der Waals surface area contributed by atoms with E-state index in [1.165, 1.54) is 25.9 Å². The highest BCUT2D eigenvalue weighted by Crippen LogP contribution is 2.06. The van der Waals surface area contributed by atoms with E-state index in [1.807, 2.05) is 24.4 Å². The molecule has 0 saturated carbocycles. The van der Waals surface area contributed by atoms with Crippen molar-refractivity contribution in [3.63, 3.8) is 0 Å². The first-order valence-electron chi connectivity index (χ1n) is 5.32. The first-order valence-corrected chi connectivity index (χ1v) is 5.32. The van der Waals surface area contributed by atoms with Crippen LogP contribution >= 0.6 is 0 Å². The molecular formula is C11H19N3. The summed E-state index contributed by atoms with van der Waals surface area (Å²) in [6.45, 7) is 4.67. The number of rotatable bonds is 4. The van der Waals surface area contributed by atoms with Gasteiger partial charge >= 0.3 is 0 Å². The molecule has 0 atom stereocenters. The Labute approximate surface area is 86.6 Å². The molecule has 2 heterocycles. The molecule has 1 saturated heterocycles. The number of likely N-dealkylation sites (tertiary alicyclic amines) is 1. The van der Waals surface area contributed by atoms with Crippen molar-refractivity contribution in [2.75, 3.05) is 31.5 Å². The van der Waals surface area contributed by atoms with Crippen LogP contribution in [0.1, 0.15) is 14.3 Å². The van der Waals surface area contributed by atoms with E-state index in [2.05, 4.69) is 15.2 Å². The maximum atomic E-state index is 4.21. The van der Waals surface area contributed by atoms with E-state index in [1.54, 1.807) is 0 Å². The molecule has 0 bridgehead atoms. The molecule has 3 heteroatoms.